The van der Waals surface area contributed by atoms with Gasteiger partial charge in [0.25, 0.3) is 0 Å². The van der Waals surface area contributed by atoms with Gasteiger partial charge in [-0.15, -0.1) is 0 Å². The molecule has 1 saturated heterocycles. The molecule has 0 bridgehead atoms. The second-order valence-electron chi connectivity index (χ2n) is 5.60. The number of aryl methyl sites for hydroxylation is 1. The summed E-state index contributed by atoms with van der Waals surface area (Å²) < 4.78 is 12.0. The Morgan fingerprint density at radius 3 is 2.68 bits per heavy atom. The van der Waals surface area contributed by atoms with Crippen molar-refractivity contribution in [2.24, 2.45) is 5.92 Å². The lowest BCUT2D eigenvalue weighted by Crippen LogP contribution is -2.19. The molecule has 5 heteroatoms. The van der Waals surface area contributed by atoms with E-state index < -0.39 is 0 Å². The number of carbonyl (C=O) groups is 1. The summed E-state index contributed by atoms with van der Waals surface area (Å²) in [4.78, 5) is 16.1. The third-order valence-corrected chi connectivity index (χ3v) is 3.93. The van der Waals surface area contributed by atoms with Gasteiger partial charge in [0.2, 0.25) is 6.41 Å². The number of aliphatic hydroxyl groups is 1. The third kappa shape index (κ3) is 4.69. The van der Waals surface area contributed by atoms with Crippen molar-refractivity contribution in [2.75, 3.05) is 13.1 Å². The molecule has 1 aliphatic carbocycles. The number of allylic oxidation sites excluding steroid dienone is 3. The van der Waals surface area contributed by atoms with Gasteiger partial charge < -0.3 is 10.0 Å². The number of nitrogens with zero attached hydrogens (tertiary/aromatic N) is 2. The zero-order valence-corrected chi connectivity index (χ0v) is 12.7. The number of aromatic nitrogens is 1. The van der Waals surface area contributed by atoms with Crippen LogP contribution in [0.1, 0.15) is 25.0 Å². The molecule has 0 saturated carbocycles. The summed E-state index contributed by atoms with van der Waals surface area (Å²) in [6, 6.07) is 3.03. The van der Waals surface area contributed by atoms with E-state index in [9.17, 15) is 14.3 Å². The molecule has 0 radical (unpaired) electrons. The molecule has 1 unspecified atom stereocenters. The van der Waals surface area contributed by atoms with Crippen molar-refractivity contribution in [2.45, 2.75) is 26.2 Å². The molecule has 1 amide bonds. The summed E-state index contributed by atoms with van der Waals surface area (Å²) in [6.07, 6.45) is 8.69. The number of carbonyl (C=O) groups excluding carboxylic acids is 1. The minimum atomic E-state index is -0.282. The number of amides is 1. The molecule has 2 heterocycles. The first kappa shape index (κ1) is 16.2. The molecule has 0 spiro atoms. The fourth-order valence-electron chi connectivity index (χ4n) is 2.62. The van der Waals surface area contributed by atoms with E-state index in [1.165, 1.54) is 17.8 Å². The van der Waals surface area contributed by atoms with Gasteiger partial charge in [-0.2, -0.15) is 0 Å². The van der Waals surface area contributed by atoms with E-state index in [-0.39, 0.29) is 5.82 Å². The van der Waals surface area contributed by atoms with Crippen molar-refractivity contribution >= 4 is 6.41 Å². The van der Waals surface area contributed by atoms with Crippen molar-refractivity contribution in [3.05, 3.63) is 53.3 Å². The number of rotatable bonds is 2. The standard InChI is InChI=1S/C11H15NO2.C6H6FN/c13-8-12-6-5-10(7-12)9-1-3-11(14)4-2-9;1-5-2-3-6(7)4-8-5/h1,3,8,10,14H,2,4-7H2;2-4H,1H3. The zero-order valence-electron chi connectivity index (χ0n) is 12.7. The molecule has 0 aromatic carbocycles. The molecule has 1 aliphatic heterocycles. The minimum Gasteiger partial charge on any atom is -0.512 e. The van der Waals surface area contributed by atoms with Crippen LogP contribution in [0.25, 0.3) is 0 Å². The minimum absolute atomic E-state index is 0.282. The Balaban J connectivity index is 0.000000188. The summed E-state index contributed by atoms with van der Waals surface area (Å²) >= 11 is 0. The largest absolute Gasteiger partial charge is 0.512 e. The third-order valence-electron chi connectivity index (χ3n) is 3.93. The molecule has 118 valence electrons. The highest BCUT2D eigenvalue weighted by Crippen LogP contribution is 2.29. The number of halogens is 1. The van der Waals surface area contributed by atoms with Crippen molar-refractivity contribution in [1.82, 2.24) is 9.88 Å². The van der Waals surface area contributed by atoms with E-state index in [2.05, 4.69) is 4.98 Å². The average molecular weight is 304 g/mol. The topological polar surface area (TPSA) is 53.4 Å². The van der Waals surface area contributed by atoms with E-state index in [4.69, 9.17) is 0 Å². The summed E-state index contributed by atoms with van der Waals surface area (Å²) in [5.41, 5.74) is 2.22. The van der Waals surface area contributed by atoms with Gasteiger partial charge in [0.05, 0.1) is 12.0 Å². The van der Waals surface area contributed by atoms with Gasteiger partial charge in [-0.1, -0.05) is 11.6 Å². The van der Waals surface area contributed by atoms with E-state index in [1.807, 2.05) is 17.9 Å². The van der Waals surface area contributed by atoms with Crippen LogP contribution in [-0.4, -0.2) is 34.5 Å². The molecule has 1 N–H and O–H groups in total. The molecular weight excluding hydrogens is 283 g/mol. The van der Waals surface area contributed by atoms with E-state index in [0.717, 1.165) is 44.5 Å². The number of hydrogen-bond acceptors (Lipinski definition) is 3. The summed E-state index contributed by atoms with van der Waals surface area (Å²) in [7, 11) is 0. The van der Waals surface area contributed by atoms with Crippen LogP contribution in [0.4, 0.5) is 4.39 Å². The monoisotopic (exact) mass is 304 g/mol. The second kappa shape index (κ2) is 7.73. The van der Waals surface area contributed by atoms with Gasteiger partial charge in [-0.05, 0) is 43.9 Å². The first-order valence-corrected chi connectivity index (χ1v) is 7.44. The van der Waals surface area contributed by atoms with Gasteiger partial charge in [-0.25, -0.2) is 4.39 Å². The Kier molecular flexibility index (Phi) is 5.69. The quantitative estimate of drug-likeness (QED) is 0.854. The van der Waals surface area contributed by atoms with Crippen LogP contribution in [0, 0.1) is 18.7 Å². The molecule has 1 aromatic rings. The normalized spacial score (nSPS) is 20.6. The lowest BCUT2D eigenvalue weighted by molar-refractivity contribution is -0.117. The molecule has 4 nitrogen and oxygen atoms in total. The zero-order chi connectivity index (χ0) is 15.9. The molecule has 1 atom stereocenters. The lowest BCUT2D eigenvalue weighted by Gasteiger charge is -2.17. The number of likely N-dealkylation sites (tertiary alicyclic amines) is 1. The Morgan fingerprint density at radius 2 is 2.18 bits per heavy atom. The highest BCUT2D eigenvalue weighted by molar-refractivity contribution is 5.48. The predicted molar refractivity (Wildman–Crippen MR) is 82.7 cm³/mol. The Bertz CT molecular complexity index is 546. The maximum Gasteiger partial charge on any atom is 0.209 e. The Hall–Kier alpha value is -2.17. The molecule has 1 fully saturated rings. The SMILES string of the molecule is Cc1ccc(F)cn1.O=CN1CCC(C2=CC=C(O)CC2)C1. The number of aliphatic hydroxyl groups excluding tert-OH is 1. The van der Waals surface area contributed by atoms with Gasteiger partial charge >= 0.3 is 0 Å². The van der Waals surface area contributed by atoms with Crippen molar-refractivity contribution in [3.63, 3.8) is 0 Å². The first-order chi connectivity index (χ1) is 10.6. The summed E-state index contributed by atoms with van der Waals surface area (Å²) in [6.45, 7) is 3.55. The molecule has 3 rings (SSSR count). The fraction of sp³-hybridized carbons (Fsp3) is 0.412. The van der Waals surface area contributed by atoms with Crippen LogP contribution in [0.3, 0.4) is 0 Å². The highest BCUT2D eigenvalue weighted by atomic mass is 19.1. The summed E-state index contributed by atoms with van der Waals surface area (Å²) in [5, 5.41) is 9.22. The van der Waals surface area contributed by atoms with Crippen molar-refractivity contribution in [1.29, 1.82) is 0 Å². The van der Waals surface area contributed by atoms with Crippen LogP contribution in [0.15, 0.2) is 41.8 Å². The molecular formula is C17H21FN2O2. The van der Waals surface area contributed by atoms with Gasteiger partial charge in [0, 0.05) is 25.2 Å². The Labute approximate surface area is 130 Å². The fourth-order valence-corrected chi connectivity index (χ4v) is 2.62. The molecule has 22 heavy (non-hydrogen) atoms. The van der Waals surface area contributed by atoms with E-state index in [0.29, 0.717) is 11.7 Å². The van der Waals surface area contributed by atoms with Gasteiger partial charge in [-0.3, -0.25) is 9.78 Å². The van der Waals surface area contributed by atoms with Crippen LogP contribution in [0.5, 0.6) is 0 Å². The molecule has 2 aliphatic rings. The second-order valence-corrected chi connectivity index (χ2v) is 5.60. The molecule has 1 aromatic heterocycles. The van der Waals surface area contributed by atoms with Crippen LogP contribution in [0.2, 0.25) is 0 Å². The Morgan fingerprint density at radius 1 is 1.36 bits per heavy atom. The highest BCUT2D eigenvalue weighted by Gasteiger charge is 2.24. The average Bonchev–Trinajstić information content (AvgIpc) is 3.01. The van der Waals surface area contributed by atoms with Crippen LogP contribution >= 0.6 is 0 Å². The van der Waals surface area contributed by atoms with Crippen LogP contribution in [-0.2, 0) is 4.79 Å². The van der Waals surface area contributed by atoms with Gasteiger partial charge in [0.1, 0.15) is 5.82 Å². The first-order valence-electron chi connectivity index (χ1n) is 7.44. The van der Waals surface area contributed by atoms with Crippen molar-refractivity contribution < 1.29 is 14.3 Å². The van der Waals surface area contributed by atoms with Crippen molar-refractivity contribution in [3.8, 4) is 0 Å². The van der Waals surface area contributed by atoms with E-state index in [1.54, 1.807) is 12.1 Å². The maximum atomic E-state index is 12.0. The summed E-state index contributed by atoms with van der Waals surface area (Å²) in [5.74, 6) is 0.708. The number of pyridine rings is 1. The number of hydrogen-bond donors (Lipinski definition) is 1. The van der Waals surface area contributed by atoms with E-state index >= 15 is 0 Å². The smallest absolute Gasteiger partial charge is 0.209 e. The lowest BCUT2D eigenvalue weighted by atomic mass is 9.91. The van der Waals surface area contributed by atoms with Crippen LogP contribution < -0.4 is 0 Å². The predicted octanol–water partition coefficient (Wildman–Crippen LogP) is 3.16. The van der Waals surface area contributed by atoms with Gasteiger partial charge in [0.15, 0.2) is 0 Å². The maximum absolute atomic E-state index is 12.0.